The molecule has 1 aliphatic heterocycles. The minimum atomic E-state index is -0.130. The number of hydrogen-bond donors (Lipinski definition) is 1. The molecule has 1 unspecified atom stereocenters. The average Bonchev–Trinajstić information content (AvgIpc) is 3.15. The number of aliphatic imine (C=N–C) groups is 1. The second-order valence-corrected chi connectivity index (χ2v) is 6.62. The van der Waals surface area contributed by atoms with Gasteiger partial charge in [0.25, 0.3) is 5.91 Å². The zero-order valence-electron chi connectivity index (χ0n) is 15.6. The highest BCUT2D eigenvalue weighted by Gasteiger charge is 2.17. The molecule has 1 amide bonds. The molecule has 1 N–H and O–H groups in total. The second kappa shape index (κ2) is 8.19. The number of aryl methyl sites for hydroxylation is 1. The van der Waals surface area contributed by atoms with E-state index in [1.54, 1.807) is 6.21 Å². The van der Waals surface area contributed by atoms with E-state index >= 15 is 0 Å². The van der Waals surface area contributed by atoms with Crippen molar-refractivity contribution in [2.24, 2.45) is 4.99 Å². The Morgan fingerprint density at radius 1 is 1.11 bits per heavy atom. The SMILES string of the molecule is Cc1onc(-c2ccccc2)c1-c1ccc(C(=O)NCC2CN=CCO2)cc1. The number of nitrogens with zero attached hydrogens (tertiary/aromatic N) is 2. The van der Waals surface area contributed by atoms with Crippen LogP contribution in [0.3, 0.4) is 0 Å². The lowest BCUT2D eigenvalue weighted by atomic mass is 9.98. The van der Waals surface area contributed by atoms with Crippen LogP contribution in [-0.2, 0) is 4.74 Å². The Morgan fingerprint density at radius 3 is 2.61 bits per heavy atom. The summed E-state index contributed by atoms with van der Waals surface area (Å²) in [5, 5.41) is 7.12. The largest absolute Gasteiger partial charge is 0.369 e. The van der Waals surface area contributed by atoms with Crippen molar-refractivity contribution < 1.29 is 14.1 Å². The van der Waals surface area contributed by atoms with E-state index in [-0.39, 0.29) is 12.0 Å². The van der Waals surface area contributed by atoms with E-state index in [1.807, 2.05) is 61.5 Å². The van der Waals surface area contributed by atoms with Crippen molar-refractivity contribution in [3.63, 3.8) is 0 Å². The van der Waals surface area contributed by atoms with Crippen molar-refractivity contribution in [2.75, 3.05) is 19.7 Å². The molecule has 0 spiro atoms. The zero-order chi connectivity index (χ0) is 19.3. The van der Waals surface area contributed by atoms with Crippen LogP contribution in [0.5, 0.6) is 0 Å². The van der Waals surface area contributed by atoms with Gasteiger partial charge in [0.05, 0.1) is 24.8 Å². The molecule has 4 rings (SSSR count). The fourth-order valence-electron chi connectivity index (χ4n) is 3.20. The minimum absolute atomic E-state index is 0.0682. The summed E-state index contributed by atoms with van der Waals surface area (Å²) in [5.41, 5.74) is 4.28. The van der Waals surface area contributed by atoms with Gasteiger partial charge in [0.2, 0.25) is 0 Å². The van der Waals surface area contributed by atoms with Crippen LogP contribution < -0.4 is 5.32 Å². The Bertz CT molecular complexity index is 978. The summed E-state index contributed by atoms with van der Waals surface area (Å²) in [6.45, 7) is 3.41. The Kier molecular flexibility index (Phi) is 5.30. The number of amides is 1. The van der Waals surface area contributed by atoms with Gasteiger partial charge in [-0.1, -0.05) is 47.6 Å². The number of carbonyl (C=O) groups is 1. The van der Waals surface area contributed by atoms with E-state index in [9.17, 15) is 4.79 Å². The molecule has 1 aromatic heterocycles. The topological polar surface area (TPSA) is 76.7 Å². The number of nitrogens with one attached hydrogen (secondary N) is 1. The standard InChI is InChI=1S/C22H21N3O3/c1-15-20(21(25-28-15)17-5-3-2-4-6-17)16-7-9-18(10-8-16)22(26)24-14-19-13-23-11-12-27-19/h2-11,19H,12-14H2,1H3,(H,24,26). The van der Waals surface area contributed by atoms with E-state index in [2.05, 4.69) is 15.5 Å². The lowest BCUT2D eigenvalue weighted by Gasteiger charge is -2.18. The zero-order valence-corrected chi connectivity index (χ0v) is 15.6. The van der Waals surface area contributed by atoms with Crippen LogP contribution >= 0.6 is 0 Å². The molecule has 142 valence electrons. The lowest BCUT2D eigenvalue weighted by Crippen LogP contribution is -2.37. The predicted molar refractivity (Wildman–Crippen MR) is 108 cm³/mol. The molecule has 0 radical (unpaired) electrons. The van der Waals surface area contributed by atoms with Crippen LogP contribution in [0.15, 0.2) is 64.1 Å². The number of carbonyl (C=O) groups excluding carboxylic acids is 1. The van der Waals surface area contributed by atoms with Gasteiger partial charge in [0.1, 0.15) is 11.5 Å². The van der Waals surface area contributed by atoms with Crippen LogP contribution in [-0.4, -0.2) is 43.1 Å². The first-order valence-corrected chi connectivity index (χ1v) is 9.22. The van der Waals surface area contributed by atoms with Crippen molar-refractivity contribution in [1.82, 2.24) is 10.5 Å². The smallest absolute Gasteiger partial charge is 0.251 e. The predicted octanol–water partition coefficient (Wildman–Crippen LogP) is 3.52. The third-order valence-electron chi connectivity index (χ3n) is 4.68. The van der Waals surface area contributed by atoms with Crippen molar-refractivity contribution in [3.05, 3.63) is 65.9 Å². The summed E-state index contributed by atoms with van der Waals surface area (Å²) < 4.78 is 11.0. The average molecular weight is 375 g/mol. The molecule has 6 heteroatoms. The minimum Gasteiger partial charge on any atom is -0.369 e. The van der Waals surface area contributed by atoms with Crippen molar-refractivity contribution in [1.29, 1.82) is 0 Å². The third kappa shape index (κ3) is 3.87. The lowest BCUT2D eigenvalue weighted by molar-refractivity contribution is 0.0732. The van der Waals surface area contributed by atoms with Gasteiger partial charge in [-0.3, -0.25) is 9.79 Å². The molecule has 0 bridgehead atoms. The van der Waals surface area contributed by atoms with Crippen LogP contribution in [0.1, 0.15) is 16.1 Å². The highest BCUT2D eigenvalue weighted by molar-refractivity contribution is 5.95. The van der Waals surface area contributed by atoms with E-state index in [0.717, 1.165) is 28.1 Å². The number of hydrogen-bond acceptors (Lipinski definition) is 5. The first-order valence-electron chi connectivity index (χ1n) is 9.22. The molecule has 6 nitrogen and oxygen atoms in total. The summed E-state index contributed by atoms with van der Waals surface area (Å²) in [7, 11) is 0. The van der Waals surface area contributed by atoms with Gasteiger partial charge in [0, 0.05) is 23.9 Å². The van der Waals surface area contributed by atoms with Gasteiger partial charge in [-0.05, 0) is 24.6 Å². The van der Waals surface area contributed by atoms with Gasteiger partial charge in [-0.2, -0.15) is 0 Å². The maximum atomic E-state index is 12.4. The maximum absolute atomic E-state index is 12.4. The van der Waals surface area contributed by atoms with Gasteiger partial charge < -0.3 is 14.6 Å². The fraction of sp³-hybridized carbons (Fsp3) is 0.227. The monoisotopic (exact) mass is 375 g/mol. The van der Waals surface area contributed by atoms with Gasteiger partial charge >= 0.3 is 0 Å². The quantitative estimate of drug-likeness (QED) is 0.740. The highest BCUT2D eigenvalue weighted by atomic mass is 16.5. The molecular formula is C22H21N3O3. The first kappa shape index (κ1) is 18.1. The van der Waals surface area contributed by atoms with Crippen LogP contribution in [0, 0.1) is 6.92 Å². The van der Waals surface area contributed by atoms with E-state index in [1.165, 1.54) is 0 Å². The molecule has 1 atom stereocenters. The molecule has 3 aromatic rings. The Balaban J connectivity index is 1.50. The Labute approximate surface area is 163 Å². The van der Waals surface area contributed by atoms with E-state index < -0.39 is 0 Å². The van der Waals surface area contributed by atoms with E-state index in [0.29, 0.717) is 25.3 Å². The van der Waals surface area contributed by atoms with Crippen molar-refractivity contribution in [2.45, 2.75) is 13.0 Å². The van der Waals surface area contributed by atoms with Gasteiger partial charge in [-0.25, -0.2) is 0 Å². The molecule has 0 aliphatic carbocycles. The number of ether oxygens (including phenoxy) is 1. The summed E-state index contributed by atoms with van der Waals surface area (Å²) in [6, 6.07) is 17.4. The second-order valence-electron chi connectivity index (χ2n) is 6.62. The molecular weight excluding hydrogens is 354 g/mol. The third-order valence-corrected chi connectivity index (χ3v) is 4.68. The Morgan fingerprint density at radius 2 is 1.89 bits per heavy atom. The molecule has 2 heterocycles. The van der Waals surface area contributed by atoms with Crippen LogP contribution in [0.25, 0.3) is 22.4 Å². The number of rotatable bonds is 5. The normalized spacial score (nSPS) is 16.1. The summed E-state index contributed by atoms with van der Waals surface area (Å²) in [4.78, 5) is 16.6. The fourth-order valence-corrected chi connectivity index (χ4v) is 3.20. The summed E-state index contributed by atoms with van der Waals surface area (Å²) in [5.74, 6) is 0.612. The maximum Gasteiger partial charge on any atom is 0.251 e. The number of aromatic nitrogens is 1. The first-order chi connectivity index (χ1) is 13.7. The van der Waals surface area contributed by atoms with E-state index in [4.69, 9.17) is 9.26 Å². The molecule has 0 saturated heterocycles. The summed E-state index contributed by atoms with van der Waals surface area (Å²) >= 11 is 0. The molecule has 1 aliphatic rings. The van der Waals surface area contributed by atoms with Gasteiger partial charge in [-0.15, -0.1) is 0 Å². The Hall–Kier alpha value is -3.25. The van der Waals surface area contributed by atoms with Gasteiger partial charge in [0.15, 0.2) is 0 Å². The summed E-state index contributed by atoms with van der Waals surface area (Å²) in [6.07, 6.45) is 1.68. The molecule has 2 aromatic carbocycles. The van der Waals surface area contributed by atoms with Crippen LogP contribution in [0.2, 0.25) is 0 Å². The van der Waals surface area contributed by atoms with Crippen molar-refractivity contribution in [3.8, 4) is 22.4 Å². The molecule has 0 fully saturated rings. The highest BCUT2D eigenvalue weighted by Crippen LogP contribution is 2.34. The van der Waals surface area contributed by atoms with Crippen molar-refractivity contribution >= 4 is 12.1 Å². The number of benzene rings is 2. The van der Waals surface area contributed by atoms with Crippen LogP contribution in [0.4, 0.5) is 0 Å². The molecule has 28 heavy (non-hydrogen) atoms. The molecule has 0 saturated carbocycles.